The number of aromatic carboxylic acids is 1. The summed E-state index contributed by atoms with van der Waals surface area (Å²) in [6, 6.07) is 0. The summed E-state index contributed by atoms with van der Waals surface area (Å²) in [4.78, 5) is 32.6. The van der Waals surface area contributed by atoms with Crippen LogP contribution < -0.4 is 5.32 Å². The predicted octanol–water partition coefficient (Wildman–Crippen LogP) is 0.610. The van der Waals surface area contributed by atoms with E-state index in [2.05, 4.69) is 15.5 Å². The van der Waals surface area contributed by atoms with Crippen molar-refractivity contribution in [2.75, 3.05) is 5.32 Å². The van der Waals surface area contributed by atoms with Crippen molar-refractivity contribution in [2.45, 2.75) is 26.2 Å². The maximum Gasteiger partial charge on any atom is 0.341 e. The largest absolute Gasteiger partial charge is 0.481 e. The molecular weight excluding hydrogens is 242 g/mol. The highest BCUT2D eigenvalue weighted by atomic mass is 16.4. The molecule has 0 aromatic carbocycles. The van der Waals surface area contributed by atoms with Gasteiger partial charge in [0.25, 0.3) is 0 Å². The minimum atomic E-state index is -1.19. The number of hydrogen-bond donors (Lipinski definition) is 4. The fraction of sp³-hybridized carbons (Fsp3) is 0.400. The van der Waals surface area contributed by atoms with Crippen LogP contribution in [0, 0.1) is 6.92 Å². The Morgan fingerprint density at radius 3 is 2.50 bits per heavy atom. The maximum absolute atomic E-state index is 11.4. The lowest BCUT2D eigenvalue weighted by molar-refractivity contribution is -0.137. The van der Waals surface area contributed by atoms with Crippen molar-refractivity contribution < 1.29 is 24.6 Å². The van der Waals surface area contributed by atoms with E-state index in [0.29, 0.717) is 5.69 Å². The zero-order chi connectivity index (χ0) is 13.7. The van der Waals surface area contributed by atoms with E-state index in [9.17, 15) is 14.4 Å². The molecule has 0 aliphatic rings. The second kappa shape index (κ2) is 5.80. The lowest BCUT2D eigenvalue weighted by Crippen LogP contribution is -2.14. The van der Waals surface area contributed by atoms with Crippen molar-refractivity contribution in [1.29, 1.82) is 0 Å². The first-order chi connectivity index (χ1) is 8.41. The van der Waals surface area contributed by atoms with E-state index >= 15 is 0 Å². The van der Waals surface area contributed by atoms with Gasteiger partial charge in [0.2, 0.25) is 5.91 Å². The number of hydrogen-bond acceptors (Lipinski definition) is 4. The summed E-state index contributed by atoms with van der Waals surface area (Å²) in [6.45, 7) is 1.52. The van der Waals surface area contributed by atoms with Gasteiger partial charge in [0, 0.05) is 18.5 Å². The molecule has 1 aromatic rings. The third kappa shape index (κ3) is 3.58. The molecule has 1 aromatic heterocycles. The Morgan fingerprint density at radius 1 is 1.28 bits per heavy atom. The third-order valence-electron chi connectivity index (χ3n) is 2.21. The van der Waals surface area contributed by atoms with Gasteiger partial charge in [-0.25, -0.2) is 4.79 Å². The Balaban J connectivity index is 2.59. The number of aliphatic carboxylic acids is 1. The van der Waals surface area contributed by atoms with Gasteiger partial charge in [0.15, 0.2) is 5.82 Å². The molecule has 1 heterocycles. The molecule has 0 atom stereocenters. The first-order valence-corrected chi connectivity index (χ1v) is 5.21. The van der Waals surface area contributed by atoms with Crippen LogP contribution in [0.4, 0.5) is 5.82 Å². The molecular formula is C10H13N3O5. The van der Waals surface area contributed by atoms with Crippen LogP contribution >= 0.6 is 0 Å². The van der Waals surface area contributed by atoms with Crippen molar-refractivity contribution in [2.24, 2.45) is 0 Å². The molecule has 0 unspecified atom stereocenters. The van der Waals surface area contributed by atoms with E-state index in [-0.39, 0.29) is 30.6 Å². The number of anilines is 1. The molecule has 1 rings (SSSR count). The molecule has 0 aliphatic heterocycles. The van der Waals surface area contributed by atoms with Gasteiger partial charge in [0.05, 0.1) is 0 Å². The summed E-state index contributed by atoms with van der Waals surface area (Å²) >= 11 is 0. The summed E-state index contributed by atoms with van der Waals surface area (Å²) in [5, 5.41) is 25.8. The smallest absolute Gasteiger partial charge is 0.341 e. The molecule has 98 valence electrons. The van der Waals surface area contributed by atoms with Crippen LogP contribution in [0.3, 0.4) is 0 Å². The van der Waals surface area contributed by atoms with Crippen LogP contribution in [0.15, 0.2) is 0 Å². The number of nitrogens with one attached hydrogen (secondary N) is 2. The molecule has 8 heteroatoms. The molecule has 8 nitrogen and oxygen atoms in total. The zero-order valence-electron chi connectivity index (χ0n) is 9.69. The fourth-order valence-corrected chi connectivity index (χ4v) is 1.38. The van der Waals surface area contributed by atoms with E-state index in [0.717, 1.165) is 0 Å². The number of aryl methyl sites for hydroxylation is 1. The Hall–Kier alpha value is -2.38. The molecule has 0 bridgehead atoms. The number of carboxylic acid groups (broad SMARTS) is 2. The fourth-order valence-electron chi connectivity index (χ4n) is 1.38. The lowest BCUT2D eigenvalue weighted by atomic mass is 10.2. The first-order valence-electron chi connectivity index (χ1n) is 5.21. The third-order valence-corrected chi connectivity index (χ3v) is 2.21. The maximum atomic E-state index is 11.4. The van der Waals surface area contributed by atoms with E-state index in [1.54, 1.807) is 0 Å². The van der Waals surface area contributed by atoms with Gasteiger partial charge in [-0.2, -0.15) is 5.10 Å². The molecule has 0 aliphatic carbocycles. The number of carboxylic acids is 2. The van der Waals surface area contributed by atoms with Gasteiger partial charge < -0.3 is 15.5 Å². The van der Waals surface area contributed by atoms with Crippen LogP contribution in [0.25, 0.3) is 0 Å². The summed E-state index contributed by atoms with van der Waals surface area (Å²) in [7, 11) is 0. The number of rotatable bonds is 6. The number of nitrogens with zero attached hydrogens (tertiary/aromatic N) is 1. The molecule has 4 N–H and O–H groups in total. The Labute approximate surface area is 102 Å². The Kier molecular flexibility index (Phi) is 4.41. The van der Waals surface area contributed by atoms with E-state index in [1.807, 2.05) is 0 Å². The van der Waals surface area contributed by atoms with E-state index < -0.39 is 17.8 Å². The van der Waals surface area contributed by atoms with Crippen molar-refractivity contribution in [1.82, 2.24) is 10.2 Å². The predicted molar refractivity (Wildman–Crippen MR) is 60.4 cm³/mol. The quantitative estimate of drug-likeness (QED) is 0.588. The second-order valence-corrected chi connectivity index (χ2v) is 3.67. The van der Waals surface area contributed by atoms with Gasteiger partial charge >= 0.3 is 11.9 Å². The highest BCUT2D eigenvalue weighted by Crippen LogP contribution is 2.16. The van der Waals surface area contributed by atoms with Crippen molar-refractivity contribution >= 4 is 23.7 Å². The van der Waals surface area contributed by atoms with Crippen LogP contribution in [-0.2, 0) is 9.59 Å². The summed E-state index contributed by atoms with van der Waals surface area (Å²) in [5.74, 6) is -2.70. The standard InChI is InChI=1S/C10H13N3O5/c1-5-8(10(17)18)9(13-12-5)11-6(14)3-2-4-7(15)16/h2-4H2,1H3,(H,15,16)(H,17,18)(H2,11,12,13,14). The number of aromatic nitrogens is 2. The minimum absolute atomic E-state index is 0.00271. The van der Waals surface area contributed by atoms with Gasteiger partial charge in [-0.05, 0) is 13.3 Å². The number of carbonyl (C=O) groups excluding carboxylic acids is 1. The van der Waals surface area contributed by atoms with Crippen LogP contribution in [-0.4, -0.2) is 38.3 Å². The molecule has 0 saturated heterocycles. The monoisotopic (exact) mass is 255 g/mol. The highest BCUT2D eigenvalue weighted by molar-refractivity contribution is 6.00. The van der Waals surface area contributed by atoms with Crippen LogP contribution in [0.2, 0.25) is 0 Å². The SMILES string of the molecule is Cc1[nH]nc(NC(=O)CCCC(=O)O)c1C(=O)O. The van der Waals surface area contributed by atoms with Crippen molar-refractivity contribution in [3.63, 3.8) is 0 Å². The summed E-state index contributed by atoms with van der Waals surface area (Å²) in [5.41, 5.74) is 0.241. The normalized spacial score (nSPS) is 10.1. The highest BCUT2D eigenvalue weighted by Gasteiger charge is 2.18. The first kappa shape index (κ1) is 13.7. The number of aromatic amines is 1. The van der Waals surface area contributed by atoms with E-state index in [1.165, 1.54) is 6.92 Å². The number of H-pyrrole nitrogens is 1. The van der Waals surface area contributed by atoms with Crippen LogP contribution in [0.5, 0.6) is 0 Å². The van der Waals surface area contributed by atoms with E-state index in [4.69, 9.17) is 10.2 Å². The van der Waals surface area contributed by atoms with Crippen LogP contribution in [0.1, 0.15) is 35.3 Å². The number of amides is 1. The van der Waals surface area contributed by atoms with Gasteiger partial charge in [0.1, 0.15) is 5.56 Å². The summed E-state index contributed by atoms with van der Waals surface area (Å²) in [6.07, 6.45) is 0.0725. The summed E-state index contributed by atoms with van der Waals surface area (Å²) < 4.78 is 0. The molecule has 0 saturated carbocycles. The molecule has 0 radical (unpaired) electrons. The Bertz CT molecular complexity index is 480. The second-order valence-electron chi connectivity index (χ2n) is 3.67. The average Bonchev–Trinajstić information content (AvgIpc) is 2.58. The van der Waals surface area contributed by atoms with Gasteiger partial charge in [-0.1, -0.05) is 0 Å². The lowest BCUT2D eigenvalue weighted by Gasteiger charge is -2.02. The topological polar surface area (TPSA) is 132 Å². The Morgan fingerprint density at radius 2 is 1.94 bits per heavy atom. The average molecular weight is 255 g/mol. The van der Waals surface area contributed by atoms with Crippen molar-refractivity contribution in [3.05, 3.63) is 11.3 Å². The molecule has 18 heavy (non-hydrogen) atoms. The zero-order valence-corrected chi connectivity index (χ0v) is 9.69. The molecule has 0 spiro atoms. The molecule has 0 fully saturated rings. The van der Waals surface area contributed by atoms with Gasteiger partial charge in [-0.3, -0.25) is 14.7 Å². The molecule has 1 amide bonds. The van der Waals surface area contributed by atoms with Crippen molar-refractivity contribution in [3.8, 4) is 0 Å². The minimum Gasteiger partial charge on any atom is -0.481 e. The number of carbonyl (C=O) groups is 3. The van der Waals surface area contributed by atoms with Gasteiger partial charge in [-0.15, -0.1) is 0 Å².